The number of aromatic nitrogens is 2. The molecular formula is C28H34N4O2. The second-order valence-corrected chi connectivity index (χ2v) is 9.33. The van der Waals surface area contributed by atoms with Gasteiger partial charge < -0.3 is 10.2 Å². The number of amides is 2. The molecule has 1 aromatic carbocycles. The molecule has 178 valence electrons. The van der Waals surface area contributed by atoms with E-state index in [0.717, 1.165) is 31.2 Å². The van der Waals surface area contributed by atoms with Crippen LogP contribution in [0.3, 0.4) is 0 Å². The predicted octanol–water partition coefficient (Wildman–Crippen LogP) is 4.50. The van der Waals surface area contributed by atoms with E-state index in [4.69, 9.17) is 0 Å². The van der Waals surface area contributed by atoms with Crippen molar-refractivity contribution in [3.63, 3.8) is 0 Å². The standard InChI is InChI=1S/C28H34N4O2/c1-2-22-8-10-23(11-9-22)12-15-31-27(34)28(20-24-6-4-3-5-7-24)13-18-32(19-14-28)26(33)25-21-29-16-17-30-25/h3-8,10,16-17,21H,2,9,11-15,18-20H2,1H3,(H,31,34). The zero-order chi connectivity index (χ0) is 23.8. The Morgan fingerprint density at radius 3 is 2.41 bits per heavy atom. The van der Waals surface area contributed by atoms with Crippen LogP contribution in [0.5, 0.6) is 0 Å². The average Bonchev–Trinajstić information content (AvgIpc) is 2.90. The van der Waals surface area contributed by atoms with Crippen molar-refractivity contribution >= 4 is 11.8 Å². The van der Waals surface area contributed by atoms with Gasteiger partial charge in [-0.3, -0.25) is 14.6 Å². The molecular weight excluding hydrogens is 424 g/mol. The lowest BCUT2D eigenvalue weighted by Gasteiger charge is -2.40. The summed E-state index contributed by atoms with van der Waals surface area (Å²) in [6.45, 7) is 3.92. The summed E-state index contributed by atoms with van der Waals surface area (Å²) in [5.41, 5.74) is 3.88. The van der Waals surface area contributed by atoms with Crippen molar-refractivity contribution in [3.8, 4) is 0 Å². The van der Waals surface area contributed by atoms with Gasteiger partial charge in [-0.25, -0.2) is 4.98 Å². The molecule has 2 aromatic rings. The van der Waals surface area contributed by atoms with Crippen molar-refractivity contribution in [2.45, 2.75) is 51.9 Å². The summed E-state index contributed by atoms with van der Waals surface area (Å²) in [6, 6.07) is 10.2. The lowest BCUT2D eigenvalue weighted by Crippen LogP contribution is -2.51. The van der Waals surface area contributed by atoms with Crippen LogP contribution in [0.1, 0.15) is 61.5 Å². The van der Waals surface area contributed by atoms with Crippen molar-refractivity contribution in [1.82, 2.24) is 20.2 Å². The molecule has 0 saturated carbocycles. The van der Waals surface area contributed by atoms with Crippen LogP contribution >= 0.6 is 0 Å². The third-order valence-corrected chi connectivity index (χ3v) is 7.16. The summed E-state index contributed by atoms with van der Waals surface area (Å²) in [4.78, 5) is 36.3. The molecule has 1 fully saturated rings. The van der Waals surface area contributed by atoms with E-state index in [0.29, 0.717) is 44.6 Å². The van der Waals surface area contributed by atoms with Crippen molar-refractivity contribution in [2.24, 2.45) is 5.41 Å². The summed E-state index contributed by atoms with van der Waals surface area (Å²) >= 11 is 0. The summed E-state index contributed by atoms with van der Waals surface area (Å²) in [7, 11) is 0. The SMILES string of the molecule is CCC1=CC=C(CCNC(=O)C2(Cc3ccccc3)CCN(C(=O)c3cnccn3)CC2)CC1. The number of carbonyl (C=O) groups excluding carboxylic acids is 2. The second kappa shape index (κ2) is 11.2. The lowest BCUT2D eigenvalue weighted by atomic mass is 9.73. The number of nitrogens with zero attached hydrogens (tertiary/aromatic N) is 3. The highest BCUT2D eigenvalue weighted by Crippen LogP contribution is 2.36. The van der Waals surface area contributed by atoms with Gasteiger partial charge in [-0.1, -0.05) is 60.6 Å². The Kier molecular flexibility index (Phi) is 7.88. The molecule has 0 bridgehead atoms. The topological polar surface area (TPSA) is 75.2 Å². The Morgan fingerprint density at radius 2 is 1.76 bits per heavy atom. The normalized spacial score (nSPS) is 17.5. The first kappa shape index (κ1) is 23.9. The van der Waals surface area contributed by atoms with Crippen LogP contribution in [-0.2, 0) is 11.2 Å². The lowest BCUT2D eigenvalue weighted by molar-refractivity contribution is -0.133. The van der Waals surface area contributed by atoms with E-state index in [9.17, 15) is 9.59 Å². The van der Waals surface area contributed by atoms with Crippen molar-refractivity contribution in [1.29, 1.82) is 0 Å². The zero-order valence-electron chi connectivity index (χ0n) is 20.0. The molecule has 1 N–H and O–H groups in total. The van der Waals surface area contributed by atoms with Gasteiger partial charge in [0.05, 0.1) is 11.6 Å². The third-order valence-electron chi connectivity index (χ3n) is 7.16. The number of nitrogens with one attached hydrogen (secondary N) is 1. The first-order valence-corrected chi connectivity index (χ1v) is 12.3. The maximum atomic E-state index is 13.5. The maximum Gasteiger partial charge on any atom is 0.274 e. The van der Waals surface area contributed by atoms with Crippen LogP contribution in [0.15, 0.2) is 72.2 Å². The summed E-state index contributed by atoms with van der Waals surface area (Å²) in [5.74, 6) is -0.0188. The number of allylic oxidation sites excluding steroid dienone is 3. The second-order valence-electron chi connectivity index (χ2n) is 9.33. The van der Waals surface area contributed by atoms with Crippen LogP contribution < -0.4 is 5.32 Å². The summed E-state index contributed by atoms with van der Waals surface area (Å²) in [5, 5.41) is 3.24. The molecule has 1 aliphatic carbocycles. The van der Waals surface area contributed by atoms with E-state index in [1.807, 2.05) is 18.2 Å². The Hall–Kier alpha value is -3.28. The van der Waals surface area contributed by atoms with E-state index < -0.39 is 5.41 Å². The zero-order valence-corrected chi connectivity index (χ0v) is 20.0. The fourth-order valence-electron chi connectivity index (χ4n) is 4.93. The first-order valence-electron chi connectivity index (χ1n) is 12.3. The number of carbonyl (C=O) groups is 2. The van der Waals surface area contributed by atoms with Gasteiger partial charge in [0.25, 0.3) is 5.91 Å². The number of likely N-dealkylation sites (tertiary alicyclic amines) is 1. The first-order chi connectivity index (χ1) is 16.6. The van der Waals surface area contributed by atoms with E-state index in [2.05, 4.69) is 46.5 Å². The van der Waals surface area contributed by atoms with E-state index >= 15 is 0 Å². The van der Waals surface area contributed by atoms with Crippen molar-refractivity contribution in [3.05, 3.63) is 83.5 Å². The number of piperidine rings is 1. The van der Waals surface area contributed by atoms with Crippen molar-refractivity contribution in [2.75, 3.05) is 19.6 Å². The molecule has 1 aromatic heterocycles. The Morgan fingerprint density at radius 1 is 1.03 bits per heavy atom. The molecule has 0 radical (unpaired) electrons. The fraction of sp³-hybridized carbons (Fsp3) is 0.429. The molecule has 1 saturated heterocycles. The molecule has 0 atom stereocenters. The number of hydrogen-bond acceptors (Lipinski definition) is 4. The molecule has 4 rings (SSSR count). The minimum Gasteiger partial charge on any atom is -0.355 e. The molecule has 6 heteroatoms. The van der Waals surface area contributed by atoms with Gasteiger partial charge in [0.1, 0.15) is 5.69 Å². The van der Waals surface area contributed by atoms with Gasteiger partial charge in [0.15, 0.2) is 0 Å². The third kappa shape index (κ3) is 5.79. The molecule has 2 heterocycles. The average molecular weight is 459 g/mol. The Bertz CT molecular complexity index is 1040. The number of rotatable bonds is 8. The molecule has 6 nitrogen and oxygen atoms in total. The van der Waals surface area contributed by atoms with Gasteiger partial charge in [-0.05, 0) is 50.5 Å². The fourth-order valence-corrected chi connectivity index (χ4v) is 4.93. The van der Waals surface area contributed by atoms with Crippen LogP contribution in [-0.4, -0.2) is 46.3 Å². The van der Waals surface area contributed by atoms with Gasteiger partial charge in [-0.2, -0.15) is 0 Å². The van der Waals surface area contributed by atoms with E-state index in [1.54, 1.807) is 11.1 Å². The molecule has 1 aliphatic heterocycles. The summed E-state index contributed by atoms with van der Waals surface area (Å²) < 4.78 is 0. The van der Waals surface area contributed by atoms with Crippen LogP contribution in [0, 0.1) is 5.41 Å². The quantitative estimate of drug-likeness (QED) is 0.632. The van der Waals surface area contributed by atoms with E-state index in [1.165, 1.54) is 23.5 Å². The highest BCUT2D eigenvalue weighted by atomic mass is 16.2. The number of benzene rings is 1. The monoisotopic (exact) mass is 458 g/mol. The Balaban J connectivity index is 1.41. The summed E-state index contributed by atoms with van der Waals surface area (Å²) in [6.07, 6.45) is 15.2. The highest BCUT2D eigenvalue weighted by molar-refractivity contribution is 5.92. The van der Waals surface area contributed by atoms with Gasteiger partial charge in [0, 0.05) is 32.0 Å². The van der Waals surface area contributed by atoms with Crippen LogP contribution in [0.2, 0.25) is 0 Å². The minimum absolute atomic E-state index is 0.101. The van der Waals surface area contributed by atoms with Gasteiger partial charge in [0.2, 0.25) is 5.91 Å². The minimum atomic E-state index is -0.517. The predicted molar refractivity (Wildman–Crippen MR) is 133 cm³/mol. The molecule has 2 aliphatic rings. The van der Waals surface area contributed by atoms with Crippen LogP contribution in [0.25, 0.3) is 0 Å². The molecule has 0 unspecified atom stereocenters. The molecule has 2 amide bonds. The van der Waals surface area contributed by atoms with Crippen molar-refractivity contribution < 1.29 is 9.59 Å². The largest absolute Gasteiger partial charge is 0.355 e. The van der Waals surface area contributed by atoms with Gasteiger partial charge >= 0.3 is 0 Å². The number of hydrogen-bond donors (Lipinski definition) is 1. The molecule has 0 spiro atoms. The Labute approximate surface area is 202 Å². The smallest absolute Gasteiger partial charge is 0.274 e. The highest BCUT2D eigenvalue weighted by Gasteiger charge is 2.42. The maximum absolute atomic E-state index is 13.5. The van der Waals surface area contributed by atoms with Crippen LogP contribution in [0.4, 0.5) is 0 Å². The van der Waals surface area contributed by atoms with E-state index in [-0.39, 0.29) is 11.8 Å². The van der Waals surface area contributed by atoms with Gasteiger partial charge in [-0.15, -0.1) is 0 Å². The molecule has 34 heavy (non-hydrogen) atoms.